The molecule has 1 saturated carbocycles. The minimum absolute atomic E-state index is 0.124. The number of carbonyl (C=O) groups excluding carboxylic acids is 1. The fourth-order valence-electron chi connectivity index (χ4n) is 5.20. The van der Waals surface area contributed by atoms with E-state index in [9.17, 15) is 4.79 Å². The zero-order valence-electron chi connectivity index (χ0n) is 14.6. The van der Waals surface area contributed by atoms with Crippen LogP contribution in [0.5, 0.6) is 0 Å². The van der Waals surface area contributed by atoms with Crippen LogP contribution in [-0.4, -0.2) is 47.4 Å². The summed E-state index contributed by atoms with van der Waals surface area (Å²) in [5, 5.41) is 0.961. The van der Waals surface area contributed by atoms with Crippen molar-refractivity contribution in [1.82, 2.24) is 9.80 Å². The first kappa shape index (κ1) is 17.6. The summed E-state index contributed by atoms with van der Waals surface area (Å²) in [6.07, 6.45) is 8.77. The standard InChI is InChI=1S/C20H26Cl2N2O/c21-16-9-8-15(13-17(16)22)20(25)24-12-4-6-14-5-3-7-18(19(14)24)23-10-1-2-11-23/h8-9,13-14,18-19H,1-7,10-12H2. The third-order valence-corrected chi connectivity index (χ3v) is 7.06. The normalized spacial score (nSPS) is 30.3. The van der Waals surface area contributed by atoms with Crippen molar-refractivity contribution in [2.75, 3.05) is 19.6 Å². The number of rotatable bonds is 2. The lowest BCUT2D eigenvalue weighted by molar-refractivity contribution is 0.000239. The van der Waals surface area contributed by atoms with Gasteiger partial charge in [0.2, 0.25) is 0 Å². The zero-order valence-corrected chi connectivity index (χ0v) is 16.1. The molecule has 136 valence electrons. The Morgan fingerprint density at radius 3 is 2.44 bits per heavy atom. The van der Waals surface area contributed by atoms with Crippen molar-refractivity contribution in [2.45, 2.75) is 57.0 Å². The molecule has 1 aromatic rings. The number of carbonyl (C=O) groups is 1. The highest BCUT2D eigenvalue weighted by molar-refractivity contribution is 6.42. The highest BCUT2D eigenvalue weighted by Gasteiger charge is 2.44. The maximum atomic E-state index is 13.3. The predicted molar refractivity (Wildman–Crippen MR) is 102 cm³/mol. The molecule has 0 radical (unpaired) electrons. The number of nitrogens with zero attached hydrogens (tertiary/aromatic N) is 2. The largest absolute Gasteiger partial charge is 0.334 e. The summed E-state index contributed by atoms with van der Waals surface area (Å²) in [4.78, 5) is 18.1. The van der Waals surface area contributed by atoms with E-state index in [1.54, 1.807) is 12.1 Å². The Kier molecular flexibility index (Phi) is 5.26. The van der Waals surface area contributed by atoms with Gasteiger partial charge in [-0.05, 0) is 75.7 Å². The molecule has 3 nitrogen and oxygen atoms in total. The Bertz CT molecular complexity index is 643. The van der Waals surface area contributed by atoms with Crippen LogP contribution >= 0.6 is 23.2 Å². The Labute approximate surface area is 160 Å². The molecule has 1 aromatic carbocycles. The molecule has 1 aliphatic carbocycles. The van der Waals surface area contributed by atoms with E-state index in [0.29, 0.717) is 33.6 Å². The number of benzene rings is 1. The van der Waals surface area contributed by atoms with Gasteiger partial charge >= 0.3 is 0 Å². The fourth-order valence-corrected chi connectivity index (χ4v) is 5.50. The first-order valence-electron chi connectivity index (χ1n) is 9.65. The van der Waals surface area contributed by atoms with Gasteiger partial charge in [-0.25, -0.2) is 0 Å². The summed E-state index contributed by atoms with van der Waals surface area (Å²) < 4.78 is 0. The molecule has 3 atom stereocenters. The third-order valence-electron chi connectivity index (χ3n) is 6.32. The van der Waals surface area contributed by atoms with Crippen LogP contribution in [0.1, 0.15) is 55.3 Å². The summed E-state index contributed by atoms with van der Waals surface area (Å²) in [5.41, 5.74) is 0.667. The molecule has 4 rings (SSSR count). The molecule has 5 heteroatoms. The molecule has 0 aromatic heterocycles. The van der Waals surface area contributed by atoms with Crippen LogP contribution in [0, 0.1) is 5.92 Å². The molecule has 25 heavy (non-hydrogen) atoms. The van der Waals surface area contributed by atoms with Crippen molar-refractivity contribution >= 4 is 29.1 Å². The first-order valence-corrected chi connectivity index (χ1v) is 10.4. The van der Waals surface area contributed by atoms with Crippen LogP contribution < -0.4 is 0 Å². The molecule has 0 spiro atoms. The predicted octanol–water partition coefficient (Wildman–Crippen LogP) is 4.86. The lowest BCUT2D eigenvalue weighted by Gasteiger charge is -2.50. The second-order valence-electron chi connectivity index (χ2n) is 7.76. The van der Waals surface area contributed by atoms with Crippen molar-refractivity contribution in [3.63, 3.8) is 0 Å². The Morgan fingerprint density at radius 1 is 0.920 bits per heavy atom. The smallest absolute Gasteiger partial charge is 0.254 e. The molecule has 2 aliphatic heterocycles. The second kappa shape index (κ2) is 7.46. The van der Waals surface area contributed by atoms with Crippen LogP contribution in [0.25, 0.3) is 0 Å². The minimum Gasteiger partial charge on any atom is -0.334 e. The zero-order chi connectivity index (χ0) is 17.4. The van der Waals surface area contributed by atoms with Gasteiger partial charge in [-0.1, -0.05) is 29.6 Å². The molecule has 3 fully saturated rings. The van der Waals surface area contributed by atoms with Crippen molar-refractivity contribution in [2.24, 2.45) is 5.92 Å². The van der Waals surface area contributed by atoms with Crippen LogP contribution in [0.15, 0.2) is 18.2 Å². The number of piperidine rings is 1. The number of hydrogen-bond acceptors (Lipinski definition) is 2. The van der Waals surface area contributed by atoms with Crippen molar-refractivity contribution in [3.8, 4) is 0 Å². The molecular formula is C20H26Cl2N2O. The number of hydrogen-bond donors (Lipinski definition) is 0. The van der Waals surface area contributed by atoms with Gasteiger partial charge in [-0.3, -0.25) is 9.69 Å². The van der Waals surface area contributed by atoms with Gasteiger partial charge in [0.25, 0.3) is 5.91 Å². The molecule has 1 amide bonds. The van der Waals surface area contributed by atoms with E-state index in [4.69, 9.17) is 23.2 Å². The van der Waals surface area contributed by atoms with E-state index in [0.717, 1.165) is 13.0 Å². The number of amides is 1. The molecule has 0 bridgehead atoms. The van der Waals surface area contributed by atoms with Crippen molar-refractivity contribution in [3.05, 3.63) is 33.8 Å². The lowest BCUT2D eigenvalue weighted by Crippen LogP contribution is -2.60. The van der Waals surface area contributed by atoms with E-state index >= 15 is 0 Å². The van der Waals surface area contributed by atoms with Gasteiger partial charge < -0.3 is 4.90 Å². The molecule has 3 aliphatic rings. The molecule has 3 unspecified atom stereocenters. The molecular weight excluding hydrogens is 355 g/mol. The van der Waals surface area contributed by atoms with Gasteiger partial charge in [0.1, 0.15) is 0 Å². The first-order chi connectivity index (χ1) is 12.1. The van der Waals surface area contributed by atoms with Crippen LogP contribution in [0.3, 0.4) is 0 Å². The Morgan fingerprint density at radius 2 is 1.68 bits per heavy atom. The van der Waals surface area contributed by atoms with Gasteiger partial charge in [0.15, 0.2) is 0 Å². The summed E-state index contributed by atoms with van der Waals surface area (Å²) in [6, 6.07) is 6.17. The monoisotopic (exact) mass is 380 g/mol. The average Bonchev–Trinajstić information content (AvgIpc) is 3.17. The van der Waals surface area contributed by atoms with E-state index in [1.165, 1.54) is 51.6 Å². The summed E-state index contributed by atoms with van der Waals surface area (Å²) in [7, 11) is 0. The summed E-state index contributed by atoms with van der Waals surface area (Å²) in [6.45, 7) is 3.26. The van der Waals surface area contributed by atoms with Crippen molar-refractivity contribution in [1.29, 1.82) is 0 Å². The minimum atomic E-state index is 0.124. The summed E-state index contributed by atoms with van der Waals surface area (Å²) in [5.74, 6) is 0.777. The van der Waals surface area contributed by atoms with Gasteiger partial charge in [0.05, 0.1) is 16.1 Å². The maximum Gasteiger partial charge on any atom is 0.254 e. The van der Waals surface area contributed by atoms with Crippen LogP contribution in [-0.2, 0) is 0 Å². The molecule has 0 N–H and O–H groups in total. The van der Waals surface area contributed by atoms with Gasteiger partial charge in [0, 0.05) is 18.2 Å². The van der Waals surface area contributed by atoms with E-state index in [-0.39, 0.29) is 5.91 Å². The molecule has 2 saturated heterocycles. The Balaban J connectivity index is 1.61. The van der Waals surface area contributed by atoms with E-state index in [1.807, 2.05) is 6.07 Å². The maximum absolute atomic E-state index is 13.3. The Hall–Kier alpha value is -0.770. The van der Waals surface area contributed by atoms with Crippen LogP contribution in [0.2, 0.25) is 10.0 Å². The quantitative estimate of drug-likeness (QED) is 0.730. The number of halogens is 2. The topological polar surface area (TPSA) is 23.6 Å². The van der Waals surface area contributed by atoms with Gasteiger partial charge in [-0.2, -0.15) is 0 Å². The van der Waals surface area contributed by atoms with Crippen LogP contribution in [0.4, 0.5) is 0 Å². The fraction of sp³-hybridized carbons (Fsp3) is 0.650. The second-order valence-corrected chi connectivity index (χ2v) is 8.58. The number of fused-ring (bicyclic) bond motifs is 1. The van der Waals surface area contributed by atoms with E-state index < -0.39 is 0 Å². The average molecular weight is 381 g/mol. The van der Waals surface area contributed by atoms with Crippen molar-refractivity contribution < 1.29 is 4.79 Å². The van der Waals surface area contributed by atoms with Gasteiger partial charge in [-0.15, -0.1) is 0 Å². The van der Waals surface area contributed by atoms with E-state index in [2.05, 4.69) is 9.80 Å². The summed E-state index contributed by atoms with van der Waals surface area (Å²) >= 11 is 12.2. The highest BCUT2D eigenvalue weighted by Crippen LogP contribution is 2.39. The highest BCUT2D eigenvalue weighted by atomic mass is 35.5. The number of likely N-dealkylation sites (tertiary alicyclic amines) is 2. The lowest BCUT2D eigenvalue weighted by atomic mass is 9.74. The molecule has 2 heterocycles. The third kappa shape index (κ3) is 3.43. The SMILES string of the molecule is O=C(c1ccc(Cl)c(Cl)c1)N1CCCC2CCCC(N3CCCC3)C21.